The van der Waals surface area contributed by atoms with Gasteiger partial charge in [-0.25, -0.2) is 9.78 Å². The van der Waals surface area contributed by atoms with E-state index in [1.807, 2.05) is 0 Å². The molecule has 23 heavy (non-hydrogen) atoms. The zero-order valence-electron chi connectivity index (χ0n) is 11.3. The van der Waals surface area contributed by atoms with Crippen LogP contribution in [0.3, 0.4) is 0 Å². The number of hydrogen-bond acceptors (Lipinski definition) is 4. The standard InChI is InChI=1S/C14H9ClF3NO4/c15-10-6-9(4-5-12(10)23-14(16,17)18)22-7-8-2-1-3-11(19-8)13(20)21/h1-6H,7H2,(H,20,21). The van der Waals surface area contributed by atoms with Crippen molar-refractivity contribution >= 4 is 17.6 Å². The maximum atomic E-state index is 12.1. The number of hydrogen-bond donors (Lipinski definition) is 1. The third-order valence-corrected chi connectivity index (χ3v) is 2.84. The first-order valence-corrected chi connectivity index (χ1v) is 6.50. The van der Waals surface area contributed by atoms with Crippen molar-refractivity contribution in [3.8, 4) is 11.5 Å². The number of ether oxygens (including phenoxy) is 2. The molecule has 1 aromatic carbocycles. The second-order valence-corrected chi connectivity index (χ2v) is 4.66. The van der Waals surface area contributed by atoms with E-state index in [4.69, 9.17) is 21.4 Å². The average Bonchev–Trinajstić information content (AvgIpc) is 2.47. The smallest absolute Gasteiger partial charge is 0.487 e. The van der Waals surface area contributed by atoms with Gasteiger partial charge in [0, 0.05) is 6.07 Å². The Balaban J connectivity index is 2.05. The summed E-state index contributed by atoms with van der Waals surface area (Å²) in [6.45, 7) is -0.0725. The summed E-state index contributed by atoms with van der Waals surface area (Å²) >= 11 is 5.69. The van der Waals surface area contributed by atoms with Gasteiger partial charge in [0.2, 0.25) is 0 Å². The molecule has 0 spiro atoms. The minimum atomic E-state index is -4.84. The number of carboxylic acids is 1. The number of nitrogens with zero attached hydrogens (tertiary/aromatic N) is 1. The molecule has 0 amide bonds. The second kappa shape index (κ2) is 6.74. The van der Waals surface area contributed by atoms with E-state index >= 15 is 0 Å². The van der Waals surface area contributed by atoms with Crippen LogP contribution < -0.4 is 9.47 Å². The molecule has 2 rings (SSSR count). The topological polar surface area (TPSA) is 68.7 Å². The Morgan fingerprint density at radius 2 is 2.00 bits per heavy atom. The van der Waals surface area contributed by atoms with E-state index in [0.29, 0.717) is 5.69 Å². The second-order valence-electron chi connectivity index (χ2n) is 4.25. The van der Waals surface area contributed by atoms with E-state index in [0.717, 1.165) is 12.1 Å². The van der Waals surface area contributed by atoms with Gasteiger partial charge >= 0.3 is 12.3 Å². The molecule has 0 aliphatic rings. The normalized spacial score (nSPS) is 11.1. The van der Waals surface area contributed by atoms with E-state index in [1.54, 1.807) is 6.07 Å². The quantitative estimate of drug-likeness (QED) is 0.888. The summed E-state index contributed by atoms with van der Waals surface area (Å²) in [5, 5.41) is 8.56. The number of halogens is 4. The van der Waals surface area contributed by atoms with Crippen LogP contribution in [0.5, 0.6) is 11.5 Å². The lowest BCUT2D eigenvalue weighted by atomic mass is 10.3. The first-order chi connectivity index (χ1) is 10.7. The molecule has 0 fully saturated rings. The number of carboxylic acid groups (broad SMARTS) is 1. The first-order valence-electron chi connectivity index (χ1n) is 6.12. The van der Waals surface area contributed by atoms with Gasteiger partial charge < -0.3 is 14.6 Å². The summed E-state index contributed by atoms with van der Waals surface area (Å²) in [4.78, 5) is 14.6. The third kappa shape index (κ3) is 5.03. The predicted molar refractivity (Wildman–Crippen MR) is 73.7 cm³/mol. The zero-order valence-corrected chi connectivity index (χ0v) is 12.1. The zero-order chi connectivity index (χ0) is 17.0. The van der Waals surface area contributed by atoms with Gasteiger partial charge in [0.25, 0.3) is 0 Å². The summed E-state index contributed by atoms with van der Waals surface area (Å²) in [6.07, 6.45) is -4.84. The van der Waals surface area contributed by atoms with E-state index in [-0.39, 0.29) is 23.1 Å². The Labute approximate surface area is 133 Å². The van der Waals surface area contributed by atoms with Crippen LogP contribution in [0.1, 0.15) is 16.2 Å². The molecule has 9 heteroatoms. The van der Waals surface area contributed by atoms with Gasteiger partial charge in [-0.3, -0.25) is 0 Å². The third-order valence-electron chi connectivity index (χ3n) is 2.54. The molecule has 1 heterocycles. The molecular formula is C14H9ClF3NO4. The maximum Gasteiger partial charge on any atom is 0.573 e. The molecular weight excluding hydrogens is 339 g/mol. The van der Waals surface area contributed by atoms with Crippen LogP contribution in [0, 0.1) is 0 Å². The van der Waals surface area contributed by atoms with E-state index in [2.05, 4.69) is 9.72 Å². The number of aromatic nitrogens is 1. The molecule has 122 valence electrons. The van der Waals surface area contributed by atoms with Crippen molar-refractivity contribution in [1.29, 1.82) is 0 Å². The van der Waals surface area contributed by atoms with Gasteiger partial charge in [-0.15, -0.1) is 13.2 Å². The molecule has 2 aromatic rings. The highest BCUT2D eigenvalue weighted by molar-refractivity contribution is 6.32. The fraction of sp³-hybridized carbons (Fsp3) is 0.143. The summed E-state index contributed by atoms with van der Waals surface area (Å²) in [6, 6.07) is 7.80. The highest BCUT2D eigenvalue weighted by atomic mass is 35.5. The predicted octanol–water partition coefficient (Wildman–Crippen LogP) is 3.91. The number of alkyl halides is 3. The van der Waals surface area contributed by atoms with E-state index in [1.165, 1.54) is 18.2 Å². The summed E-state index contributed by atoms with van der Waals surface area (Å²) in [5.41, 5.74) is 0.203. The van der Waals surface area contributed by atoms with Gasteiger partial charge in [-0.05, 0) is 24.3 Å². The molecule has 0 aliphatic carbocycles. The van der Waals surface area contributed by atoms with Crippen LogP contribution in [0.15, 0.2) is 36.4 Å². The van der Waals surface area contributed by atoms with Gasteiger partial charge in [-0.1, -0.05) is 17.7 Å². The summed E-state index contributed by atoms with van der Waals surface area (Å²) < 4.78 is 45.4. The van der Waals surface area contributed by atoms with Gasteiger partial charge in [-0.2, -0.15) is 0 Å². The molecule has 1 aromatic heterocycles. The highest BCUT2D eigenvalue weighted by Gasteiger charge is 2.32. The van der Waals surface area contributed by atoms with E-state index in [9.17, 15) is 18.0 Å². The van der Waals surface area contributed by atoms with Gasteiger partial charge in [0.1, 0.15) is 23.8 Å². The lowest BCUT2D eigenvalue weighted by molar-refractivity contribution is -0.274. The van der Waals surface area contributed by atoms with Crippen molar-refractivity contribution in [1.82, 2.24) is 4.98 Å². The Morgan fingerprint density at radius 3 is 2.61 bits per heavy atom. The monoisotopic (exact) mass is 347 g/mol. The molecule has 0 bridgehead atoms. The van der Waals surface area contributed by atoms with Crippen molar-refractivity contribution in [2.45, 2.75) is 13.0 Å². The van der Waals surface area contributed by atoms with Crippen LogP contribution >= 0.6 is 11.6 Å². The van der Waals surface area contributed by atoms with Crippen LogP contribution in [0.4, 0.5) is 13.2 Å². The maximum absolute atomic E-state index is 12.1. The van der Waals surface area contributed by atoms with Gasteiger partial charge in [0.05, 0.1) is 10.7 Å². The molecule has 0 radical (unpaired) electrons. The Kier molecular flexibility index (Phi) is 4.95. The molecule has 0 unspecified atom stereocenters. The molecule has 1 N–H and O–H groups in total. The number of carbonyl (C=O) groups is 1. The molecule has 0 aliphatic heterocycles. The SMILES string of the molecule is O=C(O)c1cccc(COc2ccc(OC(F)(F)F)c(Cl)c2)n1. The Bertz CT molecular complexity index is 721. The van der Waals surface area contributed by atoms with Crippen molar-refractivity contribution in [3.63, 3.8) is 0 Å². The van der Waals surface area contributed by atoms with Crippen molar-refractivity contribution in [2.75, 3.05) is 0 Å². The lowest BCUT2D eigenvalue weighted by Gasteiger charge is -2.12. The fourth-order valence-corrected chi connectivity index (χ4v) is 1.82. The summed E-state index contributed by atoms with van der Waals surface area (Å²) in [5.74, 6) is -1.53. The average molecular weight is 348 g/mol. The molecule has 0 saturated heterocycles. The van der Waals surface area contributed by atoms with Crippen molar-refractivity contribution < 1.29 is 32.5 Å². The molecule has 0 saturated carbocycles. The van der Waals surface area contributed by atoms with Gasteiger partial charge in [0.15, 0.2) is 0 Å². The van der Waals surface area contributed by atoms with E-state index < -0.39 is 18.1 Å². The van der Waals surface area contributed by atoms with Crippen molar-refractivity contribution in [2.24, 2.45) is 0 Å². The largest absolute Gasteiger partial charge is 0.573 e. The lowest BCUT2D eigenvalue weighted by Crippen LogP contribution is -2.17. The first kappa shape index (κ1) is 16.9. The highest BCUT2D eigenvalue weighted by Crippen LogP contribution is 2.33. The number of aromatic carboxylic acids is 1. The van der Waals surface area contributed by atoms with Crippen LogP contribution in [-0.4, -0.2) is 22.4 Å². The Hall–Kier alpha value is -2.48. The minimum Gasteiger partial charge on any atom is -0.487 e. The minimum absolute atomic E-state index is 0.0725. The Morgan fingerprint density at radius 1 is 1.26 bits per heavy atom. The van der Waals surface area contributed by atoms with Crippen LogP contribution in [-0.2, 0) is 6.61 Å². The number of rotatable bonds is 5. The number of benzene rings is 1. The van der Waals surface area contributed by atoms with Crippen LogP contribution in [0.25, 0.3) is 0 Å². The molecule has 0 atom stereocenters. The molecule has 5 nitrogen and oxygen atoms in total. The van der Waals surface area contributed by atoms with Crippen LogP contribution in [0.2, 0.25) is 5.02 Å². The summed E-state index contributed by atoms with van der Waals surface area (Å²) in [7, 11) is 0. The fourth-order valence-electron chi connectivity index (χ4n) is 1.62. The van der Waals surface area contributed by atoms with Crippen molar-refractivity contribution in [3.05, 3.63) is 52.8 Å². The number of pyridine rings is 1.